The highest BCUT2D eigenvalue weighted by molar-refractivity contribution is 5.43. The molecule has 0 fully saturated rings. The standard InChI is InChI=1S/C5H7N3O2/c1-10-5-7-2-3(9)4(6)8-5/h2,9H,1H3,(H2,6,7,8). The van der Waals surface area contributed by atoms with Gasteiger partial charge in [-0.3, -0.25) is 0 Å². The Kier molecular flexibility index (Phi) is 1.57. The van der Waals surface area contributed by atoms with E-state index < -0.39 is 0 Å². The van der Waals surface area contributed by atoms with Gasteiger partial charge in [0.15, 0.2) is 11.6 Å². The molecule has 1 heterocycles. The normalized spacial score (nSPS) is 9.30. The van der Waals surface area contributed by atoms with Gasteiger partial charge in [0, 0.05) is 0 Å². The molecule has 0 aromatic carbocycles. The van der Waals surface area contributed by atoms with Crippen LogP contribution in [0, 0.1) is 0 Å². The van der Waals surface area contributed by atoms with Crippen molar-refractivity contribution in [3.8, 4) is 11.8 Å². The SMILES string of the molecule is COc1ncc(O)c(N)n1. The second kappa shape index (κ2) is 2.38. The fourth-order valence-electron chi connectivity index (χ4n) is 0.470. The van der Waals surface area contributed by atoms with Gasteiger partial charge in [0.25, 0.3) is 0 Å². The summed E-state index contributed by atoms with van der Waals surface area (Å²) in [5, 5.41) is 8.83. The zero-order chi connectivity index (χ0) is 7.56. The van der Waals surface area contributed by atoms with Crippen molar-refractivity contribution in [1.29, 1.82) is 0 Å². The molecule has 1 aromatic heterocycles. The van der Waals surface area contributed by atoms with Gasteiger partial charge in [-0.05, 0) is 0 Å². The lowest BCUT2D eigenvalue weighted by atomic mass is 10.5. The maximum atomic E-state index is 8.83. The van der Waals surface area contributed by atoms with E-state index in [0.29, 0.717) is 0 Å². The van der Waals surface area contributed by atoms with Crippen molar-refractivity contribution in [2.75, 3.05) is 12.8 Å². The summed E-state index contributed by atoms with van der Waals surface area (Å²) in [6.45, 7) is 0. The van der Waals surface area contributed by atoms with Gasteiger partial charge in [-0.2, -0.15) is 9.97 Å². The van der Waals surface area contributed by atoms with Crippen molar-refractivity contribution in [3.63, 3.8) is 0 Å². The third-order valence-electron chi connectivity index (χ3n) is 0.958. The Labute approximate surface area is 57.5 Å². The maximum Gasteiger partial charge on any atom is 0.318 e. The topological polar surface area (TPSA) is 81.3 Å². The average Bonchev–Trinajstić information content (AvgIpc) is 1.95. The van der Waals surface area contributed by atoms with E-state index in [1.807, 2.05) is 0 Å². The molecule has 0 saturated heterocycles. The van der Waals surface area contributed by atoms with Crippen LogP contribution in [0.3, 0.4) is 0 Å². The molecular weight excluding hydrogens is 134 g/mol. The minimum atomic E-state index is -0.138. The molecule has 0 saturated carbocycles. The predicted octanol–water partition coefficient (Wildman–Crippen LogP) is -0.227. The summed E-state index contributed by atoms with van der Waals surface area (Å²) in [6, 6.07) is 0.148. The maximum absolute atomic E-state index is 8.83. The zero-order valence-corrected chi connectivity index (χ0v) is 5.40. The molecule has 0 atom stereocenters. The van der Waals surface area contributed by atoms with Crippen molar-refractivity contribution in [3.05, 3.63) is 6.20 Å². The van der Waals surface area contributed by atoms with E-state index in [-0.39, 0.29) is 17.6 Å². The predicted molar refractivity (Wildman–Crippen MR) is 34.7 cm³/mol. The number of rotatable bonds is 1. The number of aromatic nitrogens is 2. The molecule has 3 N–H and O–H groups in total. The molecule has 0 spiro atoms. The van der Waals surface area contributed by atoms with E-state index in [4.69, 9.17) is 10.8 Å². The van der Waals surface area contributed by atoms with Gasteiger partial charge < -0.3 is 15.6 Å². The van der Waals surface area contributed by atoms with Gasteiger partial charge in [-0.15, -0.1) is 0 Å². The molecule has 0 aliphatic carbocycles. The number of hydrogen-bond donors (Lipinski definition) is 2. The number of nitrogen functional groups attached to an aromatic ring is 1. The summed E-state index contributed by atoms with van der Waals surface area (Å²) < 4.78 is 4.64. The van der Waals surface area contributed by atoms with Crippen LogP contribution >= 0.6 is 0 Å². The summed E-state index contributed by atoms with van der Waals surface area (Å²) >= 11 is 0. The largest absolute Gasteiger partial charge is 0.503 e. The van der Waals surface area contributed by atoms with Gasteiger partial charge in [-0.1, -0.05) is 0 Å². The highest BCUT2D eigenvalue weighted by atomic mass is 16.5. The smallest absolute Gasteiger partial charge is 0.318 e. The average molecular weight is 141 g/mol. The number of methoxy groups -OCH3 is 1. The highest BCUT2D eigenvalue weighted by Crippen LogP contribution is 2.16. The molecule has 0 amide bonds. The minimum absolute atomic E-state index is 0.0202. The zero-order valence-electron chi connectivity index (χ0n) is 5.40. The Balaban J connectivity index is 3.04. The molecule has 0 unspecified atom stereocenters. The fourth-order valence-corrected chi connectivity index (χ4v) is 0.470. The van der Waals surface area contributed by atoms with Crippen LogP contribution in [0.15, 0.2) is 6.20 Å². The number of nitrogens with two attached hydrogens (primary N) is 1. The van der Waals surface area contributed by atoms with Crippen LogP contribution in [0.25, 0.3) is 0 Å². The first-order valence-electron chi connectivity index (χ1n) is 2.59. The lowest BCUT2D eigenvalue weighted by molar-refractivity contribution is 0.376. The van der Waals surface area contributed by atoms with E-state index in [1.54, 1.807) is 0 Å². The molecular formula is C5H7N3O2. The lowest BCUT2D eigenvalue weighted by Gasteiger charge is -1.98. The van der Waals surface area contributed by atoms with Crippen molar-refractivity contribution in [2.24, 2.45) is 0 Å². The molecule has 10 heavy (non-hydrogen) atoms. The van der Waals surface area contributed by atoms with Crippen LogP contribution in [-0.2, 0) is 0 Å². The number of nitrogens with zero attached hydrogens (tertiary/aromatic N) is 2. The third kappa shape index (κ3) is 1.07. The van der Waals surface area contributed by atoms with E-state index >= 15 is 0 Å². The first kappa shape index (κ1) is 6.60. The number of hydrogen-bond acceptors (Lipinski definition) is 5. The van der Waals surface area contributed by atoms with E-state index in [0.717, 1.165) is 0 Å². The fraction of sp³-hybridized carbons (Fsp3) is 0.200. The molecule has 0 aliphatic heterocycles. The van der Waals surface area contributed by atoms with E-state index in [1.165, 1.54) is 13.3 Å². The van der Waals surface area contributed by atoms with Crippen LogP contribution in [-0.4, -0.2) is 22.2 Å². The Morgan fingerprint density at radius 3 is 2.90 bits per heavy atom. The molecule has 0 radical (unpaired) electrons. The molecule has 0 bridgehead atoms. The minimum Gasteiger partial charge on any atom is -0.503 e. The summed E-state index contributed by atoms with van der Waals surface area (Å²) in [6.07, 6.45) is 1.18. The van der Waals surface area contributed by atoms with Crippen molar-refractivity contribution < 1.29 is 9.84 Å². The quantitative estimate of drug-likeness (QED) is 0.564. The molecule has 1 rings (SSSR count). The molecule has 5 nitrogen and oxygen atoms in total. The molecule has 5 heteroatoms. The Morgan fingerprint density at radius 1 is 1.70 bits per heavy atom. The van der Waals surface area contributed by atoms with Gasteiger partial charge in [0.1, 0.15) is 0 Å². The van der Waals surface area contributed by atoms with E-state index in [9.17, 15) is 0 Å². The Hall–Kier alpha value is -1.52. The Morgan fingerprint density at radius 2 is 2.40 bits per heavy atom. The van der Waals surface area contributed by atoms with Crippen LogP contribution < -0.4 is 10.5 Å². The summed E-state index contributed by atoms with van der Waals surface area (Å²) in [5.74, 6) is -0.118. The lowest BCUT2D eigenvalue weighted by Crippen LogP contribution is -1.96. The first-order chi connectivity index (χ1) is 4.74. The van der Waals surface area contributed by atoms with Crippen LogP contribution in [0.1, 0.15) is 0 Å². The summed E-state index contributed by atoms with van der Waals surface area (Å²) in [5.41, 5.74) is 5.22. The first-order valence-corrected chi connectivity index (χ1v) is 2.59. The van der Waals surface area contributed by atoms with Crippen molar-refractivity contribution >= 4 is 5.82 Å². The number of aromatic hydroxyl groups is 1. The van der Waals surface area contributed by atoms with Gasteiger partial charge >= 0.3 is 6.01 Å². The van der Waals surface area contributed by atoms with Crippen LogP contribution in [0.5, 0.6) is 11.8 Å². The van der Waals surface area contributed by atoms with Crippen molar-refractivity contribution in [2.45, 2.75) is 0 Å². The van der Waals surface area contributed by atoms with Crippen LogP contribution in [0.4, 0.5) is 5.82 Å². The summed E-state index contributed by atoms with van der Waals surface area (Å²) in [4.78, 5) is 7.18. The third-order valence-corrected chi connectivity index (χ3v) is 0.958. The van der Waals surface area contributed by atoms with E-state index in [2.05, 4.69) is 14.7 Å². The van der Waals surface area contributed by atoms with Crippen molar-refractivity contribution in [1.82, 2.24) is 9.97 Å². The monoisotopic (exact) mass is 141 g/mol. The number of ether oxygens (including phenoxy) is 1. The van der Waals surface area contributed by atoms with Crippen LogP contribution in [0.2, 0.25) is 0 Å². The second-order valence-corrected chi connectivity index (χ2v) is 1.63. The van der Waals surface area contributed by atoms with Gasteiger partial charge in [0.05, 0.1) is 13.3 Å². The molecule has 54 valence electrons. The molecule has 0 aliphatic rings. The molecule has 1 aromatic rings. The Bertz CT molecular complexity index is 238. The second-order valence-electron chi connectivity index (χ2n) is 1.63. The summed E-state index contributed by atoms with van der Waals surface area (Å²) in [7, 11) is 1.42. The van der Waals surface area contributed by atoms with Gasteiger partial charge in [-0.25, -0.2) is 0 Å². The highest BCUT2D eigenvalue weighted by Gasteiger charge is 1.99. The number of anilines is 1. The van der Waals surface area contributed by atoms with Gasteiger partial charge in [0.2, 0.25) is 0 Å².